The van der Waals surface area contributed by atoms with Crippen molar-refractivity contribution in [3.8, 4) is 0 Å². The molecule has 1 aromatic heterocycles. The lowest BCUT2D eigenvalue weighted by atomic mass is 10.1. The van der Waals surface area contributed by atoms with Gasteiger partial charge in [-0.2, -0.15) is 17.5 Å². The molecule has 0 radical (unpaired) electrons. The molecule has 39 heavy (non-hydrogen) atoms. The highest BCUT2D eigenvalue weighted by Gasteiger charge is 2.38. The van der Waals surface area contributed by atoms with E-state index in [0.29, 0.717) is 22.7 Å². The molecule has 0 bridgehead atoms. The fourth-order valence-corrected chi connectivity index (χ4v) is 5.94. The number of anilines is 2. The standard InChI is InChI=1S/C21H23ClFN5O2S2.C2HF3O2/c1-14-4-3-5-15(20(14)23)11-28-9-8-16(12-28)27(2)19-7-6-17(10-18(19)22)32(29,30)26-21-24-13-25-31-21;3-2(4,5)1(6)7/h3-7,10,13,16H,8-9,11-12H2,1-2H3,(H,24,25,26);(H,6,7). The van der Waals surface area contributed by atoms with Crippen LogP contribution in [0.25, 0.3) is 0 Å². The van der Waals surface area contributed by atoms with Crippen LogP contribution in [0, 0.1) is 12.7 Å². The van der Waals surface area contributed by atoms with Gasteiger partial charge in [0.1, 0.15) is 12.1 Å². The number of carbonyl (C=O) groups is 1. The van der Waals surface area contributed by atoms with Gasteiger partial charge in [-0.05, 0) is 37.1 Å². The number of aromatic nitrogens is 2. The van der Waals surface area contributed by atoms with Crippen molar-refractivity contribution in [1.82, 2.24) is 14.3 Å². The number of aryl methyl sites for hydroxylation is 1. The maximum absolute atomic E-state index is 14.4. The molecule has 1 saturated heterocycles. The predicted octanol–water partition coefficient (Wildman–Crippen LogP) is 4.78. The molecule has 2 N–H and O–H groups in total. The van der Waals surface area contributed by atoms with E-state index in [1.54, 1.807) is 19.1 Å². The molecule has 0 spiro atoms. The highest BCUT2D eigenvalue weighted by atomic mass is 35.5. The predicted molar refractivity (Wildman–Crippen MR) is 139 cm³/mol. The number of carboxylic acid groups (broad SMARTS) is 1. The van der Waals surface area contributed by atoms with E-state index in [2.05, 4.69) is 23.9 Å². The number of carboxylic acids is 1. The van der Waals surface area contributed by atoms with Crippen LogP contribution in [0.1, 0.15) is 17.5 Å². The third kappa shape index (κ3) is 8.00. The summed E-state index contributed by atoms with van der Waals surface area (Å²) in [7, 11) is -1.87. The second-order valence-electron chi connectivity index (χ2n) is 8.60. The van der Waals surface area contributed by atoms with Crippen molar-refractivity contribution in [3.05, 3.63) is 64.7 Å². The van der Waals surface area contributed by atoms with Crippen LogP contribution in [0.4, 0.5) is 28.4 Å². The number of likely N-dealkylation sites (N-methyl/N-ethyl adjacent to an activating group) is 1. The highest BCUT2D eigenvalue weighted by Crippen LogP contribution is 2.32. The normalized spacial score (nSPS) is 15.9. The minimum absolute atomic E-state index is 0.0535. The van der Waals surface area contributed by atoms with Gasteiger partial charge in [-0.15, -0.1) is 0 Å². The van der Waals surface area contributed by atoms with Crippen LogP contribution >= 0.6 is 23.1 Å². The Labute approximate surface area is 231 Å². The monoisotopic (exact) mass is 609 g/mol. The average molecular weight is 610 g/mol. The van der Waals surface area contributed by atoms with Gasteiger partial charge < -0.3 is 10.0 Å². The first kappa shape index (κ1) is 30.5. The Morgan fingerprint density at radius 3 is 2.59 bits per heavy atom. The Balaban J connectivity index is 0.000000532. The minimum Gasteiger partial charge on any atom is -0.475 e. The van der Waals surface area contributed by atoms with Crippen LogP contribution < -0.4 is 9.62 Å². The van der Waals surface area contributed by atoms with E-state index >= 15 is 0 Å². The lowest BCUT2D eigenvalue weighted by Gasteiger charge is -2.28. The number of halogens is 5. The summed E-state index contributed by atoms with van der Waals surface area (Å²) in [5.74, 6) is -2.90. The molecule has 3 aromatic rings. The summed E-state index contributed by atoms with van der Waals surface area (Å²) in [5.41, 5.74) is 2.09. The number of hydrogen-bond acceptors (Lipinski definition) is 8. The topological polar surface area (TPSA) is 116 Å². The van der Waals surface area contributed by atoms with E-state index in [-0.39, 0.29) is 21.9 Å². The molecule has 0 saturated carbocycles. The molecule has 2 aromatic carbocycles. The lowest BCUT2D eigenvalue weighted by molar-refractivity contribution is -0.192. The van der Waals surface area contributed by atoms with E-state index in [9.17, 15) is 26.0 Å². The summed E-state index contributed by atoms with van der Waals surface area (Å²) < 4.78 is 77.4. The average Bonchev–Trinajstić information content (AvgIpc) is 3.53. The Morgan fingerprint density at radius 1 is 1.31 bits per heavy atom. The maximum atomic E-state index is 14.4. The second kappa shape index (κ2) is 12.4. The number of rotatable bonds is 7. The molecule has 1 atom stereocenters. The van der Waals surface area contributed by atoms with Gasteiger partial charge >= 0.3 is 12.1 Å². The summed E-state index contributed by atoms with van der Waals surface area (Å²) in [6.45, 7) is 3.94. The number of hydrogen-bond donors (Lipinski definition) is 2. The molecule has 1 unspecified atom stereocenters. The smallest absolute Gasteiger partial charge is 0.475 e. The van der Waals surface area contributed by atoms with Gasteiger partial charge in [0.25, 0.3) is 10.0 Å². The number of nitrogens with one attached hydrogen (secondary N) is 1. The SMILES string of the molecule is Cc1cccc(CN2CCC(N(C)c3ccc(S(=O)(=O)Nc4ncns4)cc3Cl)C2)c1F.O=C(O)C(F)(F)F. The van der Waals surface area contributed by atoms with Gasteiger partial charge in [-0.3, -0.25) is 9.62 Å². The number of benzene rings is 2. The van der Waals surface area contributed by atoms with E-state index in [0.717, 1.165) is 36.7 Å². The Kier molecular flexibility index (Phi) is 9.74. The zero-order valence-electron chi connectivity index (χ0n) is 20.6. The van der Waals surface area contributed by atoms with Crippen molar-refractivity contribution >= 4 is 49.9 Å². The van der Waals surface area contributed by atoms with Crippen molar-refractivity contribution in [2.24, 2.45) is 0 Å². The van der Waals surface area contributed by atoms with Crippen LogP contribution in [-0.2, 0) is 21.4 Å². The van der Waals surface area contributed by atoms with Crippen LogP contribution in [0.3, 0.4) is 0 Å². The zero-order chi connectivity index (χ0) is 29.0. The summed E-state index contributed by atoms with van der Waals surface area (Å²) in [6, 6.07) is 10.3. The molecule has 0 amide bonds. The number of nitrogens with zero attached hydrogens (tertiary/aromatic N) is 4. The Bertz CT molecular complexity index is 1410. The summed E-state index contributed by atoms with van der Waals surface area (Å²) >= 11 is 7.43. The van der Waals surface area contributed by atoms with Crippen molar-refractivity contribution < 1.29 is 35.9 Å². The second-order valence-corrected chi connectivity index (χ2v) is 11.5. The van der Waals surface area contributed by atoms with Gasteiger partial charge in [0.2, 0.25) is 5.13 Å². The van der Waals surface area contributed by atoms with Crippen LogP contribution in [-0.4, -0.2) is 66.1 Å². The van der Waals surface area contributed by atoms with Crippen LogP contribution in [0.2, 0.25) is 5.02 Å². The van der Waals surface area contributed by atoms with Crippen LogP contribution in [0.5, 0.6) is 0 Å². The summed E-state index contributed by atoms with van der Waals surface area (Å²) in [6.07, 6.45) is -2.90. The molecule has 16 heteroatoms. The molecule has 9 nitrogen and oxygen atoms in total. The molecule has 4 rings (SSSR count). The van der Waals surface area contributed by atoms with Crippen molar-refractivity contribution in [1.29, 1.82) is 0 Å². The highest BCUT2D eigenvalue weighted by molar-refractivity contribution is 7.93. The van der Waals surface area contributed by atoms with E-state index < -0.39 is 22.2 Å². The molecular formula is C23H24ClF4N5O4S2. The van der Waals surface area contributed by atoms with Gasteiger partial charge in [-0.1, -0.05) is 29.8 Å². The molecule has 1 fully saturated rings. The largest absolute Gasteiger partial charge is 0.490 e. The quantitative estimate of drug-likeness (QED) is 0.368. The van der Waals surface area contributed by atoms with Crippen molar-refractivity contribution in [3.63, 3.8) is 0 Å². The summed E-state index contributed by atoms with van der Waals surface area (Å²) in [5, 5.41) is 7.66. The van der Waals surface area contributed by atoms with Crippen molar-refractivity contribution in [2.75, 3.05) is 29.8 Å². The molecule has 1 aliphatic rings. The first-order chi connectivity index (χ1) is 18.2. The van der Waals surface area contributed by atoms with E-state index in [1.165, 1.54) is 18.5 Å². The molecule has 212 valence electrons. The number of likely N-dealkylation sites (tertiary alicyclic amines) is 1. The van der Waals surface area contributed by atoms with Gasteiger partial charge in [0.15, 0.2) is 0 Å². The minimum atomic E-state index is -5.08. The molecule has 2 heterocycles. The van der Waals surface area contributed by atoms with Gasteiger partial charge in [0, 0.05) is 49.8 Å². The lowest BCUT2D eigenvalue weighted by Crippen LogP contribution is -2.34. The fraction of sp³-hybridized carbons (Fsp3) is 0.348. The van der Waals surface area contributed by atoms with Crippen molar-refractivity contribution in [2.45, 2.75) is 37.0 Å². The third-order valence-electron chi connectivity index (χ3n) is 5.90. The first-order valence-corrected chi connectivity index (χ1v) is 13.9. The van der Waals surface area contributed by atoms with E-state index in [4.69, 9.17) is 21.5 Å². The molecular weight excluding hydrogens is 586 g/mol. The number of alkyl halides is 3. The maximum Gasteiger partial charge on any atom is 0.490 e. The summed E-state index contributed by atoms with van der Waals surface area (Å²) in [4.78, 5) is 17.1. The Hall–Kier alpha value is -3.01. The zero-order valence-corrected chi connectivity index (χ0v) is 23.0. The van der Waals surface area contributed by atoms with Gasteiger partial charge in [-0.25, -0.2) is 22.6 Å². The molecule has 1 aliphatic heterocycles. The Morgan fingerprint density at radius 2 is 2.00 bits per heavy atom. The first-order valence-electron chi connectivity index (χ1n) is 11.3. The number of sulfonamides is 1. The van der Waals surface area contributed by atoms with E-state index in [1.807, 2.05) is 19.2 Å². The number of aliphatic carboxylic acids is 1. The van der Waals surface area contributed by atoms with Gasteiger partial charge in [0.05, 0.1) is 15.6 Å². The van der Waals surface area contributed by atoms with Crippen LogP contribution in [0.15, 0.2) is 47.6 Å². The molecule has 0 aliphatic carbocycles. The fourth-order valence-electron chi connectivity index (χ4n) is 3.87. The third-order valence-corrected chi connectivity index (χ3v) is 8.24.